The zero-order valence-corrected chi connectivity index (χ0v) is 8.05. The second-order valence-electron chi connectivity index (χ2n) is 3.55. The van der Waals surface area contributed by atoms with E-state index in [0.29, 0.717) is 17.6 Å². The van der Waals surface area contributed by atoms with Crippen molar-refractivity contribution in [3.8, 4) is 0 Å². The second-order valence-corrected chi connectivity index (χ2v) is 3.55. The number of fused-ring (bicyclic) bond motifs is 1. The average molecular weight is 192 g/mol. The van der Waals surface area contributed by atoms with Gasteiger partial charge in [0.1, 0.15) is 0 Å². The summed E-state index contributed by atoms with van der Waals surface area (Å²) in [7, 11) is 0. The molecule has 0 amide bonds. The molecule has 2 nitrogen and oxygen atoms in total. The average Bonchev–Trinajstić information content (AvgIpc) is 2.66. The molecule has 1 atom stereocenters. The highest BCUT2D eigenvalue weighted by Crippen LogP contribution is 2.24. The number of benzene rings is 1. The number of aromatic nitrogens is 1. The predicted molar refractivity (Wildman–Crippen MR) is 55.7 cm³/mol. The first kappa shape index (κ1) is 9.21. The molecule has 14 heavy (non-hydrogen) atoms. The lowest BCUT2D eigenvalue weighted by Gasteiger charge is -2.10. The van der Waals surface area contributed by atoms with Crippen LogP contribution in [0.25, 0.3) is 10.9 Å². The van der Waals surface area contributed by atoms with Gasteiger partial charge in [0.05, 0.1) is 5.52 Å². The van der Waals surface area contributed by atoms with Crippen molar-refractivity contribution in [2.24, 2.45) is 5.73 Å². The molecule has 0 saturated heterocycles. The van der Waals surface area contributed by atoms with Gasteiger partial charge in [-0.15, -0.1) is 0 Å². The minimum Gasteiger partial charge on any atom is -0.359 e. The Hall–Kier alpha value is -1.35. The molecule has 0 radical (unpaired) electrons. The Morgan fingerprint density at radius 1 is 1.43 bits per heavy atom. The fourth-order valence-corrected chi connectivity index (χ4v) is 1.62. The van der Waals surface area contributed by atoms with E-state index in [0.717, 1.165) is 5.39 Å². The van der Waals surface area contributed by atoms with Crippen molar-refractivity contribution in [3.63, 3.8) is 0 Å². The first-order chi connectivity index (χ1) is 6.74. The Kier molecular flexibility index (Phi) is 2.25. The molecule has 1 unspecified atom stereocenters. The van der Waals surface area contributed by atoms with Gasteiger partial charge in [-0.25, -0.2) is 4.39 Å². The molecule has 0 bridgehead atoms. The smallest absolute Gasteiger partial charge is 0.150 e. The molecule has 1 aromatic heterocycles. The maximum absolute atomic E-state index is 13.9. The summed E-state index contributed by atoms with van der Waals surface area (Å²) in [6.07, 6.45) is 1.74. The highest BCUT2D eigenvalue weighted by molar-refractivity contribution is 5.80. The number of aromatic amines is 1. The van der Waals surface area contributed by atoms with Gasteiger partial charge < -0.3 is 10.7 Å². The number of nitrogens with two attached hydrogens (primary N) is 1. The van der Waals surface area contributed by atoms with Crippen LogP contribution >= 0.6 is 0 Å². The van der Waals surface area contributed by atoms with Gasteiger partial charge in [0.25, 0.3) is 0 Å². The molecule has 3 heteroatoms. The quantitative estimate of drug-likeness (QED) is 0.753. The van der Waals surface area contributed by atoms with Crippen molar-refractivity contribution in [3.05, 3.63) is 35.8 Å². The molecule has 0 aliphatic carbocycles. The lowest BCUT2D eigenvalue weighted by Crippen LogP contribution is -2.10. The Morgan fingerprint density at radius 2 is 2.21 bits per heavy atom. The van der Waals surface area contributed by atoms with E-state index in [9.17, 15) is 4.39 Å². The monoisotopic (exact) mass is 192 g/mol. The summed E-state index contributed by atoms with van der Waals surface area (Å²) in [4.78, 5) is 2.89. The molecular weight excluding hydrogens is 179 g/mol. The third-order valence-corrected chi connectivity index (χ3v) is 2.58. The van der Waals surface area contributed by atoms with Gasteiger partial charge in [-0.2, -0.15) is 0 Å². The maximum Gasteiger partial charge on any atom is 0.150 e. The van der Waals surface area contributed by atoms with Gasteiger partial charge in [-0.3, -0.25) is 0 Å². The van der Waals surface area contributed by atoms with Crippen LogP contribution in [-0.2, 0) is 0 Å². The van der Waals surface area contributed by atoms with Crippen LogP contribution in [0.15, 0.2) is 24.4 Å². The normalized spacial score (nSPS) is 13.4. The zero-order chi connectivity index (χ0) is 10.1. The maximum atomic E-state index is 13.9. The third kappa shape index (κ3) is 1.30. The minimum atomic E-state index is -0.176. The van der Waals surface area contributed by atoms with Crippen molar-refractivity contribution in [1.82, 2.24) is 4.98 Å². The number of hydrogen-bond acceptors (Lipinski definition) is 1. The zero-order valence-electron chi connectivity index (χ0n) is 8.05. The van der Waals surface area contributed by atoms with Crippen molar-refractivity contribution in [1.29, 1.82) is 0 Å². The SMILES string of the molecule is CC(CN)c1ccc2cc[nH]c2c1F. The summed E-state index contributed by atoms with van der Waals surface area (Å²) in [6, 6.07) is 5.58. The molecule has 0 saturated carbocycles. The molecule has 2 aromatic rings. The Bertz CT molecular complexity index is 447. The third-order valence-electron chi connectivity index (χ3n) is 2.58. The van der Waals surface area contributed by atoms with Crippen LogP contribution in [0.4, 0.5) is 4.39 Å². The molecule has 1 heterocycles. The molecule has 0 aliphatic rings. The van der Waals surface area contributed by atoms with E-state index in [1.165, 1.54) is 0 Å². The lowest BCUT2D eigenvalue weighted by atomic mass is 9.99. The number of H-pyrrole nitrogens is 1. The Labute approximate surface area is 81.9 Å². The number of halogens is 1. The van der Waals surface area contributed by atoms with Crippen LogP contribution in [0, 0.1) is 5.82 Å². The van der Waals surface area contributed by atoms with Gasteiger partial charge in [-0.1, -0.05) is 19.1 Å². The van der Waals surface area contributed by atoms with Crippen molar-refractivity contribution < 1.29 is 4.39 Å². The summed E-state index contributed by atoms with van der Waals surface area (Å²) in [6.45, 7) is 2.39. The van der Waals surface area contributed by atoms with Crippen LogP contribution < -0.4 is 5.73 Å². The fourth-order valence-electron chi connectivity index (χ4n) is 1.62. The van der Waals surface area contributed by atoms with Crippen molar-refractivity contribution >= 4 is 10.9 Å². The molecule has 2 rings (SSSR count). The lowest BCUT2D eigenvalue weighted by molar-refractivity contribution is 0.599. The molecular formula is C11H13FN2. The standard InChI is InChI=1S/C11H13FN2/c1-7(6-13)9-3-2-8-4-5-14-11(8)10(9)12/h2-5,7,14H,6,13H2,1H3. The van der Waals surface area contributed by atoms with Gasteiger partial charge in [0, 0.05) is 11.6 Å². The summed E-state index contributed by atoms with van der Waals surface area (Å²) < 4.78 is 13.9. The Morgan fingerprint density at radius 3 is 2.93 bits per heavy atom. The number of rotatable bonds is 2. The summed E-state index contributed by atoms with van der Waals surface area (Å²) in [5.41, 5.74) is 6.77. The van der Waals surface area contributed by atoms with E-state index in [1.54, 1.807) is 6.20 Å². The van der Waals surface area contributed by atoms with Gasteiger partial charge >= 0.3 is 0 Å². The topological polar surface area (TPSA) is 41.8 Å². The molecule has 1 aromatic carbocycles. The van der Waals surface area contributed by atoms with Crippen molar-refractivity contribution in [2.45, 2.75) is 12.8 Å². The molecule has 0 aliphatic heterocycles. The van der Waals surface area contributed by atoms with Crippen LogP contribution in [0.5, 0.6) is 0 Å². The summed E-state index contributed by atoms with van der Waals surface area (Å²) in [5, 5.41) is 0.899. The highest BCUT2D eigenvalue weighted by atomic mass is 19.1. The minimum absolute atomic E-state index is 0.0581. The van der Waals surface area contributed by atoms with Crippen LogP contribution in [0.1, 0.15) is 18.4 Å². The van der Waals surface area contributed by atoms with E-state index in [-0.39, 0.29) is 11.7 Å². The second kappa shape index (κ2) is 3.42. The van der Waals surface area contributed by atoms with E-state index < -0.39 is 0 Å². The van der Waals surface area contributed by atoms with Gasteiger partial charge in [0.2, 0.25) is 0 Å². The first-order valence-corrected chi connectivity index (χ1v) is 4.69. The summed E-state index contributed by atoms with van der Waals surface area (Å²) >= 11 is 0. The predicted octanol–water partition coefficient (Wildman–Crippen LogP) is 2.37. The van der Waals surface area contributed by atoms with E-state index >= 15 is 0 Å². The molecule has 74 valence electrons. The first-order valence-electron chi connectivity index (χ1n) is 4.69. The number of nitrogens with one attached hydrogen (secondary N) is 1. The molecule has 0 fully saturated rings. The van der Waals surface area contributed by atoms with Crippen LogP contribution in [0.2, 0.25) is 0 Å². The molecule has 0 spiro atoms. The number of hydrogen-bond donors (Lipinski definition) is 2. The van der Waals surface area contributed by atoms with E-state index in [1.807, 2.05) is 25.1 Å². The molecule has 3 N–H and O–H groups in total. The highest BCUT2D eigenvalue weighted by Gasteiger charge is 2.12. The van der Waals surface area contributed by atoms with E-state index in [2.05, 4.69) is 4.98 Å². The van der Waals surface area contributed by atoms with Crippen LogP contribution in [-0.4, -0.2) is 11.5 Å². The van der Waals surface area contributed by atoms with Crippen LogP contribution in [0.3, 0.4) is 0 Å². The largest absolute Gasteiger partial charge is 0.359 e. The van der Waals surface area contributed by atoms with Gasteiger partial charge in [0.15, 0.2) is 5.82 Å². The summed E-state index contributed by atoms with van der Waals surface area (Å²) in [5.74, 6) is -0.117. The van der Waals surface area contributed by atoms with E-state index in [4.69, 9.17) is 5.73 Å². The van der Waals surface area contributed by atoms with Crippen molar-refractivity contribution in [2.75, 3.05) is 6.54 Å². The Balaban J connectivity index is 2.61. The fraction of sp³-hybridized carbons (Fsp3) is 0.273. The van der Waals surface area contributed by atoms with Gasteiger partial charge in [-0.05, 0) is 24.1 Å².